The fraction of sp³-hybridized carbons (Fsp3) is 0.619. The van der Waals surface area contributed by atoms with Gasteiger partial charge in [0, 0.05) is 18.5 Å². The van der Waals surface area contributed by atoms with E-state index in [2.05, 4.69) is 10.6 Å². The third-order valence-electron chi connectivity index (χ3n) is 6.71. The van der Waals surface area contributed by atoms with Crippen LogP contribution in [0.5, 0.6) is 5.75 Å². The number of nitrogens with one attached hydrogen (secondary N) is 2. The molecule has 7 heteroatoms. The van der Waals surface area contributed by atoms with E-state index in [1.165, 1.54) is 26.4 Å². The third-order valence-corrected chi connectivity index (χ3v) is 7.32. The summed E-state index contributed by atoms with van der Waals surface area (Å²) in [6, 6.07) is 3.15. The average molecular weight is 425 g/mol. The molecule has 5 nitrogen and oxygen atoms in total. The normalized spacial score (nSPS) is 30.2. The number of hydrogen-bond donors (Lipinski definition) is 2. The van der Waals surface area contributed by atoms with Crippen LogP contribution in [0.3, 0.4) is 0 Å². The number of carbonyl (C=O) groups is 2. The summed E-state index contributed by atoms with van der Waals surface area (Å²) in [5.41, 5.74) is 0.0437. The minimum atomic E-state index is -0.367. The zero-order valence-corrected chi connectivity index (χ0v) is 17.5. The van der Waals surface area contributed by atoms with Crippen molar-refractivity contribution in [3.8, 4) is 5.75 Å². The Kier molecular flexibility index (Phi) is 5.49. The van der Waals surface area contributed by atoms with Crippen LogP contribution in [0.15, 0.2) is 12.1 Å². The second-order valence-corrected chi connectivity index (χ2v) is 9.46. The number of hydrogen-bond acceptors (Lipinski definition) is 3. The summed E-state index contributed by atoms with van der Waals surface area (Å²) in [4.78, 5) is 25.4. The third kappa shape index (κ3) is 3.59. The molecule has 1 aromatic carbocycles. The SMILES string of the molecule is COc1c(Cl)ccc(Cl)c1C(=O)NCCNC(=O)C12CC3CC(CC(C3)C1)C2. The quantitative estimate of drug-likeness (QED) is 0.676. The Balaban J connectivity index is 1.31. The molecule has 4 aliphatic carbocycles. The molecule has 4 fully saturated rings. The molecule has 0 spiro atoms. The predicted molar refractivity (Wildman–Crippen MR) is 109 cm³/mol. The predicted octanol–water partition coefficient (Wildman–Crippen LogP) is 4.06. The molecule has 0 saturated heterocycles. The highest BCUT2D eigenvalue weighted by molar-refractivity contribution is 6.37. The van der Waals surface area contributed by atoms with Gasteiger partial charge in [0.1, 0.15) is 5.56 Å². The number of carbonyl (C=O) groups excluding carboxylic acids is 2. The summed E-state index contributed by atoms with van der Waals surface area (Å²) >= 11 is 12.2. The molecule has 0 atom stereocenters. The molecule has 4 saturated carbocycles. The lowest BCUT2D eigenvalue weighted by Crippen LogP contribution is -2.54. The van der Waals surface area contributed by atoms with E-state index < -0.39 is 0 Å². The minimum absolute atomic E-state index is 0.166. The number of ether oxygens (including phenoxy) is 1. The molecule has 0 unspecified atom stereocenters. The van der Waals surface area contributed by atoms with E-state index in [1.807, 2.05) is 0 Å². The van der Waals surface area contributed by atoms with Crippen molar-refractivity contribution in [2.45, 2.75) is 38.5 Å². The molecule has 28 heavy (non-hydrogen) atoms. The first kappa shape index (κ1) is 19.8. The van der Waals surface area contributed by atoms with E-state index in [-0.39, 0.29) is 33.6 Å². The number of methoxy groups -OCH3 is 1. The Morgan fingerprint density at radius 2 is 1.54 bits per heavy atom. The largest absolute Gasteiger partial charge is 0.494 e. The highest BCUT2D eigenvalue weighted by atomic mass is 35.5. The summed E-state index contributed by atoms with van der Waals surface area (Å²) in [6.45, 7) is 0.718. The van der Waals surface area contributed by atoms with Crippen LogP contribution < -0.4 is 15.4 Å². The van der Waals surface area contributed by atoms with Gasteiger partial charge in [0.25, 0.3) is 5.91 Å². The van der Waals surface area contributed by atoms with Crippen molar-refractivity contribution in [3.63, 3.8) is 0 Å². The monoisotopic (exact) mass is 424 g/mol. The van der Waals surface area contributed by atoms with Crippen LogP contribution in [0.4, 0.5) is 0 Å². The summed E-state index contributed by atoms with van der Waals surface area (Å²) in [5.74, 6) is 2.24. The summed E-state index contributed by atoms with van der Waals surface area (Å²) in [5, 5.41) is 6.45. The van der Waals surface area contributed by atoms with Gasteiger partial charge in [-0.3, -0.25) is 9.59 Å². The molecule has 1 aromatic rings. The topological polar surface area (TPSA) is 67.4 Å². The highest BCUT2D eigenvalue weighted by Crippen LogP contribution is 2.60. The smallest absolute Gasteiger partial charge is 0.256 e. The van der Waals surface area contributed by atoms with Gasteiger partial charge in [0.05, 0.1) is 17.2 Å². The first-order valence-electron chi connectivity index (χ1n) is 10.0. The molecule has 4 aliphatic rings. The van der Waals surface area contributed by atoms with Crippen LogP contribution in [-0.2, 0) is 4.79 Å². The number of amides is 2. The van der Waals surface area contributed by atoms with Crippen LogP contribution in [0.1, 0.15) is 48.9 Å². The second kappa shape index (κ2) is 7.75. The lowest BCUT2D eigenvalue weighted by molar-refractivity contribution is -0.146. The van der Waals surface area contributed by atoms with Crippen LogP contribution in [0.25, 0.3) is 0 Å². The zero-order valence-electron chi connectivity index (χ0n) is 16.0. The van der Waals surface area contributed by atoms with Gasteiger partial charge in [-0.25, -0.2) is 0 Å². The van der Waals surface area contributed by atoms with Gasteiger partial charge in [-0.15, -0.1) is 0 Å². The van der Waals surface area contributed by atoms with Crippen LogP contribution in [0.2, 0.25) is 10.0 Å². The maximum atomic E-state index is 12.9. The number of halogens is 2. The summed E-state index contributed by atoms with van der Waals surface area (Å²) in [6.07, 6.45) is 7.03. The van der Waals surface area contributed by atoms with Crippen LogP contribution in [0, 0.1) is 23.2 Å². The van der Waals surface area contributed by atoms with E-state index in [9.17, 15) is 9.59 Å². The lowest BCUT2D eigenvalue weighted by atomic mass is 9.49. The molecule has 152 valence electrons. The first-order valence-corrected chi connectivity index (χ1v) is 10.8. The molecule has 0 radical (unpaired) electrons. The Morgan fingerprint density at radius 3 is 2.11 bits per heavy atom. The number of rotatable bonds is 6. The Labute approximate surface area is 175 Å². The van der Waals surface area contributed by atoms with E-state index in [4.69, 9.17) is 27.9 Å². The van der Waals surface area contributed by atoms with Crippen molar-refractivity contribution in [1.82, 2.24) is 10.6 Å². The van der Waals surface area contributed by atoms with Crippen LogP contribution in [-0.4, -0.2) is 32.0 Å². The van der Waals surface area contributed by atoms with E-state index in [0.29, 0.717) is 18.1 Å². The van der Waals surface area contributed by atoms with E-state index in [0.717, 1.165) is 37.0 Å². The molecule has 2 N–H and O–H groups in total. The Hall–Kier alpha value is -1.46. The molecule has 0 aliphatic heterocycles. The van der Waals surface area contributed by atoms with Gasteiger partial charge in [0.2, 0.25) is 5.91 Å². The van der Waals surface area contributed by atoms with Crippen molar-refractivity contribution in [1.29, 1.82) is 0 Å². The Bertz CT molecular complexity index is 761. The molecular weight excluding hydrogens is 399 g/mol. The number of benzene rings is 1. The summed E-state index contributed by atoms with van der Waals surface area (Å²) < 4.78 is 5.21. The molecule has 0 aromatic heterocycles. The molecule has 4 bridgehead atoms. The fourth-order valence-corrected chi connectivity index (χ4v) is 6.43. The second-order valence-electron chi connectivity index (χ2n) is 8.65. The summed E-state index contributed by atoms with van der Waals surface area (Å²) in [7, 11) is 1.44. The van der Waals surface area contributed by atoms with Crippen molar-refractivity contribution < 1.29 is 14.3 Å². The van der Waals surface area contributed by atoms with Crippen molar-refractivity contribution >= 4 is 35.0 Å². The van der Waals surface area contributed by atoms with E-state index >= 15 is 0 Å². The van der Waals surface area contributed by atoms with Gasteiger partial charge >= 0.3 is 0 Å². The molecule has 2 amide bonds. The Morgan fingerprint density at radius 1 is 1.00 bits per heavy atom. The average Bonchev–Trinajstić information content (AvgIpc) is 2.65. The first-order chi connectivity index (χ1) is 13.4. The van der Waals surface area contributed by atoms with Gasteiger partial charge in [-0.05, 0) is 68.4 Å². The molecular formula is C21H26Cl2N2O3. The zero-order chi connectivity index (χ0) is 19.9. The van der Waals surface area contributed by atoms with Gasteiger partial charge < -0.3 is 15.4 Å². The van der Waals surface area contributed by atoms with Crippen molar-refractivity contribution in [3.05, 3.63) is 27.7 Å². The highest BCUT2D eigenvalue weighted by Gasteiger charge is 2.54. The fourth-order valence-electron chi connectivity index (χ4n) is 5.96. The molecule has 0 heterocycles. The minimum Gasteiger partial charge on any atom is -0.494 e. The van der Waals surface area contributed by atoms with Crippen molar-refractivity contribution in [2.75, 3.05) is 20.2 Å². The maximum Gasteiger partial charge on any atom is 0.256 e. The van der Waals surface area contributed by atoms with Gasteiger partial charge in [0.15, 0.2) is 5.75 Å². The van der Waals surface area contributed by atoms with Crippen molar-refractivity contribution in [2.24, 2.45) is 23.2 Å². The standard InChI is InChI=1S/C21H26Cl2N2O3/c1-28-18-16(23)3-2-15(22)17(18)19(26)24-4-5-25-20(27)21-9-12-6-13(10-21)8-14(7-12)11-21/h2-3,12-14H,4-11H2,1H3,(H,24,26)(H,25,27). The van der Waals surface area contributed by atoms with Gasteiger partial charge in [-0.1, -0.05) is 23.2 Å². The van der Waals surface area contributed by atoms with E-state index in [1.54, 1.807) is 12.1 Å². The lowest BCUT2D eigenvalue weighted by Gasteiger charge is -2.55. The van der Waals surface area contributed by atoms with Gasteiger partial charge in [-0.2, -0.15) is 0 Å². The molecule has 5 rings (SSSR count). The van der Waals surface area contributed by atoms with Crippen LogP contribution >= 0.6 is 23.2 Å². The maximum absolute atomic E-state index is 12.9.